The highest BCUT2D eigenvalue weighted by Crippen LogP contribution is 2.32. The van der Waals surface area contributed by atoms with Crippen molar-refractivity contribution in [2.24, 2.45) is 0 Å². The van der Waals surface area contributed by atoms with Crippen molar-refractivity contribution in [3.8, 4) is 11.5 Å². The van der Waals surface area contributed by atoms with Crippen molar-refractivity contribution in [1.82, 2.24) is 14.7 Å². The van der Waals surface area contributed by atoms with Crippen LogP contribution in [-0.4, -0.2) is 22.1 Å². The molecule has 0 saturated carbocycles. The minimum atomic E-state index is -0.278. The first-order valence-electron chi connectivity index (χ1n) is 8.77. The molecule has 138 valence electrons. The quantitative estimate of drug-likeness (QED) is 0.558. The van der Waals surface area contributed by atoms with E-state index in [9.17, 15) is 9.59 Å². The zero-order valence-electron chi connectivity index (χ0n) is 14.7. The second-order valence-corrected chi connectivity index (χ2v) is 6.45. The molecule has 0 radical (unpaired) electrons. The van der Waals surface area contributed by atoms with Gasteiger partial charge in [-0.15, -0.1) is 0 Å². The Morgan fingerprint density at radius 1 is 1.07 bits per heavy atom. The smallest absolute Gasteiger partial charge is 0.265 e. The summed E-state index contributed by atoms with van der Waals surface area (Å²) in [5.74, 6) is 1.09. The molecule has 28 heavy (non-hydrogen) atoms. The maximum atomic E-state index is 12.7. The average Bonchev–Trinajstić information content (AvgIpc) is 3.20. The minimum absolute atomic E-state index is 0.203. The Kier molecular flexibility index (Phi) is 3.72. The summed E-state index contributed by atoms with van der Waals surface area (Å²) in [6, 6.07) is 16.0. The van der Waals surface area contributed by atoms with E-state index in [0.717, 1.165) is 5.56 Å². The number of rotatable bonds is 3. The van der Waals surface area contributed by atoms with Gasteiger partial charge in [0.1, 0.15) is 5.65 Å². The Balaban J connectivity index is 1.42. The van der Waals surface area contributed by atoms with E-state index in [1.165, 1.54) is 10.6 Å². The van der Waals surface area contributed by atoms with Crippen molar-refractivity contribution in [3.05, 3.63) is 82.3 Å². The predicted octanol–water partition coefficient (Wildman–Crippen LogP) is 2.51. The van der Waals surface area contributed by atoms with Gasteiger partial charge in [0.2, 0.25) is 6.79 Å². The number of hydrogen-bond acceptors (Lipinski definition) is 5. The maximum Gasteiger partial charge on any atom is 0.265 e. The third kappa shape index (κ3) is 2.73. The molecule has 0 saturated heterocycles. The van der Waals surface area contributed by atoms with Gasteiger partial charge in [-0.1, -0.05) is 18.2 Å². The number of carbonyl (C=O) groups is 1. The number of ether oxygens (including phenoxy) is 2. The van der Waals surface area contributed by atoms with Gasteiger partial charge in [-0.2, -0.15) is 0 Å². The fourth-order valence-corrected chi connectivity index (χ4v) is 3.22. The number of hydrogen-bond donors (Lipinski definition) is 1. The fourth-order valence-electron chi connectivity index (χ4n) is 3.22. The first-order chi connectivity index (χ1) is 13.7. The van der Waals surface area contributed by atoms with E-state index >= 15 is 0 Å². The van der Waals surface area contributed by atoms with Crippen LogP contribution in [0.15, 0.2) is 65.6 Å². The standard InChI is InChI=1S/C21H15N3O4/c25-20(22-10-13-5-7-17-18(9-13)28-12-27-17)14-6-8-19-23-16-4-2-1-3-15(16)21(26)24(19)11-14/h1-9,11H,10,12H2,(H,22,25). The van der Waals surface area contributed by atoms with Gasteiger partial charge >= 0.3 is 0 Å². The summed E-state index contributed by atoms with van der Waals surface area (Å²) in [4.78, 5) is 29.8. The van der Waals surface area contributed by atoms with Crippen LogP contribution in [0.2, 0.25) is 0 Å². The molecule has 0 bridgehead atoms. The molecule has 5 rings (SSSR count). The molecule has 1 aliphatic rings. The van der Waals surface area contributed by atoms with Crippen molar-refractivity contribution in [1.29, 1.82) is 0 Å². The van der Waals surface area contributed by atoms with Gasteiger partial charge < -0.3 is 14.8 Å². The minimum Gasteiger partial charge on any atom is -0.454 e. The zero-order valence-corrected chi connectivity index (χ0v) is 14.7. The van der Waals surface area contributed by atoms with Crippen LogP contribution < -0.4 is 20.3 Å². The highest BCUT2D eigenvalue weighted by atomic mass is 16.7. The molecule has 0 atom stereocenters. The summed E-state index contributed by atoms with van der Waals surface area (Å²) in [6.07, 6.45) is 1.52. The number of carbonyl (C=O) groups excluding carboxylic acids is 1. The summed E-state index contributed by atoms with van der Waals surface area (Å²) in [6.45, 7) is 0.540. The van der Waals surface area contributed by atoms with Crippen molar-refractivity contribution >= 4 is 22.5 Å². The number of para-hydroxylation sites is 1. The summed E-state index contributed by atoms with van der Waals surface area (Å²) in [5.41, 5.74) is 2.20. The first kappa shape index (κ1) is 16.3. The lowest BCUT2D eigenvalue weighted by Crippen LogP contribution is -2.24. The summed E-state index contributed by atoms with van der Waals surface area (Å²) >= 11 is 0. The van der Waals surface area contributed by atoms with Gasteiger partial charge in [0.15, 0.2) is 11.5 Å². The predicted molar refractivity (Wildman–Crippen MR) is 103 cm³/mol. The van der Waals surface area contributed by atoms with Gasteiger partial charge in [-0.25, -0.2) is 4.98 Å². The molecule has 0 spiro atoms. The molecule has 7 nitrogen and oxygen atoms in total. The molecular formula is C21H15N3O4. The molecule has 1 amide bonds. The topological polar surface area (TPSA) is 81.9 Å². The number of amides is 1. The molecule has 2 aromatic heterocycles. The van der Waals surface area contributed by atoms with Crippen LogP contribution in [-0.2, 0) is 6.54 Å². The SMILES string of the molecule is O=C(NCc1ccc2c(c1)OCO2)c1ccc2nc3ccccc3c(=O)n2c1. The van der Waals surface area contributed by atoms with Crippen LogP contribution in [0.3, 0.4) is 0 Å². The molecule has 0 unspecified atom stereocenters. The van der Waals surface area contributed by atoms with Crippen molar-refractivity contribution in [2.75, 3.05) is 6.79 Å². The fraction of sp³-hybridized carbons (Fsp3) is 0.0952. The molecular weight excluding hydrogens is 358 g/mol. The Morgan fingerprint density at radius 3 is 2.86 bits per heavy atom. The van der Waals surface area contributed by atoms with E-state index < -0.39 is 0 Å². The Labute approximate surface area is 159 Å². The van der Waals surface area contributed by atoms with Crippen LogP contribution in [0.25, 0.3) is 16.6 Å². The van der Waals surface area contributed by atoms with E-state index in [1.54, 1.807) is 30.3 Å². The third-order valence-corrected chi connectivity index (χ3v) is 4.67. The number of nitrogens with zero attached hydrogens (tertiary/aromatic N) is 2. The normalized spacial score (nSPS) is 12.4. The molecule has 7 heteroatoms. The van der Waals surface area contributed by atoms with E-state index in [1.807, 2.05) is 24.3 Å². The molecule has 0 aliphatic carbocycles. The largest absolute Gasteiger partial charge is 0.454 e. The summed E-state index contributed by atoms with van der Waals surface area (Å²) in [7, 11) is 0. The van der Waals surface area contributed by atoms with Gasteiger partial charge in [-0.3, -0.25) is 14.0 Å². The number of pyridine rings is 1. The Hall–Kier alpha value is -3.87. The van der Waals surface area contributed by atoms with Gasteiger partial charge in [0.25, 0.3) is 11.5 Å². The van der Waals surface area contributed by atoms with Crippen LogP contribution in [0.5, 0.6) is 11.5 Å². The Bertz CT molecular complexity index is 1300. The maximum absolute atomic E-state index is 12.7. The lowest BCUT2D eigenvalue weighted by atomic mass is 10.2. The van der Waals surface area contributed by atoms with Gasteiger partial charge in [0.05, 0.1) is 16.5 Å². The second kappa shape index (κ2) is 6.38. The highest BCUT2D eigenvalue weighted by molar-refractivity contribution is 5.94. The van der Waals surface area contributed by atoms with E-state index in [0.29, 0.717) is 40.2 Å². The molecule has 3 heterocycles. The molecule has 1 N–H and O–H groups in total. The van der Waals surface area contributed by atoms with Gasteiger partial charge in [-0.05, 0) is 42.0 Å². The van der Waals surface area contributed by atoms with Crippen molar-refractivity contribution in [2.45, 2.75) is 6.54 Å². The molecule has 2 aromatic carbocycles. The van der Waals surface area contributed by atoms with Crippen molar-refractivity contribution < 1.29 is 14.3 Å². The van der Waals surface area contributed by atoms with Gasteiger partial charge in [0, 0.05) is 12.7 Å². The molecule has 1 aliphatic heterocycles. The number of benzene rings is 2. The molecule has 0 fully saturated rings. The lowest BCUT2D eigenvalue weighted by Gasteiger charge is -2.08. The lowest BCUT2D eigenvalue weighted by molar-refractivity contribution is 0.0950. The molecule has 4 aromatic rings. The van der Waals surface area contributed by atoms with E-state index in [-0.39, 0.29) is 18.3 Å². The van der Waals surface area contributed by atoms with E-state index in [4.69, 9.17) is 9.47 Å². The third-order valence-electron chi connectivity index (χ3n) is 4.67. The van der Waals surface area contributed by atoms with Crippen LogP contribution in [0.1, 0.15) is 15.9 Å². The zero-order chi connectivity index (χ0) is 19.1. The van der Waals surface area contributed by atoms with E-state index in [2.05, 4.69) is 10.3 Å². The second-order valence-electron chi connectivity index (χ2n) is 6.45. The number of nitrogens with one attached hydrogen (secondary N) is 1. The first-order valence-corrected chi connectivity index (χ1v) is 8.77. The van der Waals surface area contributed by atoms with Crippen LogP contribution in [0.4, 0.5) is 0 Å². The highest BCUT2D eigenvalue weighted by Gasteiger charge is 2.14. The number of aromatic nitrogens is 2. The Morgan fingerprint density at radius 2 is 1.93 bits per heavy atom. The average molecular weight is 373 g/mol. The number of fused-ring (bicyclic) bond motifs is 3. The summed E-state index contributed by atoms with van der Waals surface area (Å²) in [5, 5.41) is 3.37. The van der Waals surface area contributed by atoms with Crippen molar-refractivity contribution in [3.63, 3.8) is 0 Å². The van der Waals surface area contributed by atoms with Crippen LogP contribution >= 0.6 is 0 Å². The summed E-state index contributed by atoms with van der Waals surface area (Å²) < 4.78 is 12.0. The van der Waals surface area contributed by atoms with Crippen LogP contribution in [0, 0.1) is 0 Å². The monoisotopic (exact) mass is 373 g/mol.